The number of hydrogen-bond acceptors (Lipinski definition) is 4. The summed E-state index contributed by atoms with van der Waals surface area (Å²) in [5.74, 6) is 0.131. The van der Waals surface area contributed by atoms with Gasteiger partial charge >= 0.3 is 0 Å². The summed E-state index contributed by atoms with van der Waals surface area (Å²) in [5.41, 5.74) is 9.74. The molecule has 1 aliphatic rings. The van der Waals surface area contributed by atoms with Crippen LogP contribution in [-0.4, -0.2) is 43.1 Å². The minimum absolute atomic E-state index is 0.131. The average molecular weight is 563 g/mol. The van der Waals surface area contributed by atoms with Gasteiger partial charge in [-0.1, -0.05) is 25.7 Å². The Morgan fingerprint density at radius 1 is 1.10 bits per heavy atom. The number of rotatable bonds is 7. The Kier molecular flexibility index (Phi) is 7.29. The molecule has 0 saturated carbocycles. The summed E-state index contributed by atoms with van der Waals surface area (Å²) in [6.07, 6.45) is 4.70. The van der Waals surface area contributed by atoms with Crippen LogP contribution in [0.3, 0.4) is 0 Å². The van der Waals surface area contributed by atoms with Crippen LogP contribution in [0.15, 0.2) is 17.8 Å². The van der Waals surface area contributed by atoms with Gasteiger partial charge in [0.05, 0.1) is 33.8 Å². The molecule has 1 unspecified atom stereocenters. The summed E-state index contributed by atoms with van der Waals surface area (Å²) >= 11 is 0. The fourth-order valence-electron chi connectivity index (χ4n) is 6.19. The van der Waals surface area contributed by atoms with Crippen LogP contribution in [-0.2, 0) is 29.0 Å². The molecule has 1 atom stereocenters. The van der Waals surface area contributed by atoms with E-state index in [1.165, 1.54) is 11.1 Å². The van der Waals surface area contributed by atoms with Gasteiger partial charge in [-0.2, -0.15) is 9.57 Å². The van der Waals surface area contributed by atoms with Crippen molar-refractivity contribution >= 4 is 35.1 Å². The monoisotopic (exact) mass is 562 g/mol. The molecule has 1 aromatic carbocycles. The quantitative estimate of drug-likeness (QED) is 0.310. The van der Waals surface area contributed by atoms with Crippen molar-refractivity contribution in [3.8, 4) is 6.07 Å². The molecule has 3 aromatic rings. The lowest BCUT2D eigenvalue weighted by Gasteiger charge is -2.42. The van der Waals surface area contributed by atoms with Crippen molar-refractivity contribution in [1.29, 1.82) is 5.26 Å². The van der Waals surface area contributed by atoms with Gasteiger partial charge in [0, 0.05) is 45.7 Å². The zero-order valence-corrected chi connectivity index (χ0v) is 27.2. The molecule has 8 heteroatoms. The van der Waals surface area contributed by atoms with Gasteiger partial charge < -0.3 is 4.57 Å². The maximum absolute atomic E-state index is 14.1. The first-order valence-corrected chi connectivity index (χ1v) is 18.9. The molecule has 0 saturated heterocycles. The minimum atomic E-state index is -3.61. The number of nitriles is 1. The third-order valence-corrected chi connectivity index (χ3v) is 13.0. The van der Waals surface area contributed by atoms with Crippen LogP contribution in [0.5, 0.6) is 0 Å². The molecule has 1 aliphatic carbocycles. The van der Waals surface area contributed by atoms with Crippen molar-refractivity contribution in [3.05, 3.63) is 68.2 Å². The Hall–Kier alpha value is -2.73. The van der Waals surface area contributed by atoms with E-state index in [2.05, 4.69) is 76.3 Å². The number of hydrogen-bond donors (Lipinski definition) is 0. The topological polar surface area (TPSA) is 79.0 Å². The second kappa shape index (κ2) is 9.72. The second-order valence-electron chi connectivity index (χ2n) is 12.6. The fraction of sp³-hybridized carbons (Fsp3) is 0.484. The molecule has 0 aliphatic heterocycles. The van der Waals surface area contributed by atoms with Crippen LogP contribution in [0.25, 0.3) is 17.0 Å². The van der Waals surface area contributed by atoms with Gasteiger partial charge in [0.1, 0.15) is 6.07 Å². The van der Waals surface area contributed by atoms with Crippen LogP contribution < -0.4 is 0 Å². The molecular formula is C31H42N4O2SSi. The molecule has 2 aromatic heterocycles. The minimum Gasteiger partial charge on any atom is -0.350 e. The van der Waals surface area contributed by atoms with Crippen LogP contribution in [0.4, 0.5) is 0 Å². The third kappa shape index (κ3) is 4.69. The summed E-state index contributed by atoms with van der Waals surface area (Å²) in [4.78, 5) is 4.81. The number of likely N-dealkylation sites (N-methyl/N-ethyl adjacent to an activating group) is 1. The van der Waals surface area contributed by atoms with Crippen molar-refractivity contribution in [2.24, 2.45) is 7.05 Å². The number of aryl methyl sites for hydroxylation is 3. The highest BCUT2D eigenvalue weighted by atomic mass is 32.2. The molecule has 6 nitrogen and oxygen atoms in total. The van der Waals surface area contributed by atoms with E-state index >= 15 is 0 Å². The van der Waals surface area contributed by atoms with E-state index in [4.69, 9.17) is 4.98 Å². The highest BCUT2D eigenvalue weighted by molar-refractivity contribution is 7.89. The van der Waals surface area contributed by atoms with E-state index in [-0.39, 0.29) is 5.75 Å². The first kappa shape index (κ1) is 29.3. The van der Waals surface area contributed by atoms with Crippen molar-refractivity contribution in [2.45, 2.75) is 79.2 Å². The molecule has 0 radical (unpaired) electrons. The zero-order chi connectivity index (χ0) is 29.2. The molecule has 0 N–H and O–H groups in total. The standard InChI is InChI=1S/C31H42N4O2SSi/c1-19-20(2)29(25-12-13-34(7)30(25)21(19)3)31(6,35(8)38(36,37)14-15-39(9,10)11)24-16-26-22(4)27(18-32)23(5)33-28(26)17-24/h12-13,16H,14-15,17H2,1-11H3. The Morgan fingerprint density at radius 2 is 1.74 bits per heavy atom. The SMILES string of the molecule is Cc1nc2c(c(C)c1C#N)C=C(C(C)(c1c(C)c(C)c(C)c3c1ccn3C)N(C)S(=O)(=O)CC[Si](C)(C)C)C2. The summed E-state index contributed by atoms with van der Waals surface area (Å²) in [6.45, 7) is 18.9. The predicted octanol–water partition coefficient (Wildman–Crippen LogP) is 6.44. The first-order valence-electron chi connectivity index (χ1n) is 13.6. The van der Waals surface area contributed by atoms with E-state index in [1.807, 2.05) is 20.9 Å². The fourth-order valence-corrected chi connectivity index (χ4v) is 10.7. The zero-order valence-electron chi connectivity index (χ0n) is 25.4. The summed E-state index contributed by atoms with van der Waals surface area (Å²) in [5, 5.41) is 10.8. The molecule has 2 heterocycles. The lowest BCUT2D eigenvalue weighted by atomic mass is 9.77. The maximum Gasteiger partial charge on any atom is 0.214 e. The van der Waals surface area contributed by atoms with Gasteiger partial charge in [0.15, 0.2) is 0 Å². The van der Waals surface area contributed by atoms with Gasteiger partial charge in [-0.15, -0.1) is 0 Å². The third-order valence-electron chi connectivity index (χ3n) is 9.01. The predicted molar refractivity (Wildman–Crippen MR) is 164 cm³/mol. The van der Waals surface area contributed by atoms with E-state index in [0.717, 1.165) is 44.4 Å². The largest absolute Gasteiger partial charge is 0.350 e. The van der Waals surface area contributed by atoms with E-state index in [1.54, 1.807) is 11.4 Å². The van der Waals surface area contributed by atoms with Gasteiger partial charge in [-0.25, -0.2) is 8.42 Å². The highest BCUT2D eigenvalue weighted by Crippen LogP contribution is 2.48. The number of sulfonamides is 1. The number of aromatic nitrogens is 2. The van der Waals surface area contributed by atoms with E-state index in [9.17, 15) is 13.7 Å². The molecule has 39 heavy (non-hydrogen) atoms. The van der Waals surface area contributed by atoms with Gasteiger partial charge in [-0.3, -0.25) is 4.98 Å². The van der Waals surface area contributed by atoms with E-state index < -0.39 is 23.6 Å². The second-order valence-corrected chi connectivity index (χ2v) is 20.4. The molecule has 4 rings (SSSR count). The Labute approximate surface area is 235 Å². The van der Waals surface area contributed by atoms with Gasteiger partial charge in [0.2, 0.25) is 10.0 Å². The van der Waals surface area contributed by atoms with Crippen LogP contribution in [0.1, 0.15) is 57.3 Å². The smallest absolute Gasteiger partial charge is 0.214 e. The molecule has 0 amide bonds. The first-order chi connectivity index (χ1) is 18.0. The van der Waals surface area contributed by atoms with Gasteiger partial charge in [0.25, 0.3) is 0 Å². The highest BCUT2D eigenvalue weighted by Gasteiger charge is 2.46. The summed E-state index contributed by atoms with van der Waals surface area (Å²) in [6, 6.07) is 5.13. The average Bonchev–Trinajstić information content (AvgIpc) is 3.45. The van der Waals surface area contributed by atoms with E-state index in [0.29, 0.717) is 23.7 Å². The summed E-state index contributed by atoms with van der Waals surface area (Å²) < 4.78 is 32.0. The molecule has 0 fully saturated rings. The maximum atomic E-state index is 14.1. The van der Waals surface area contributed by atoms with Crippen molar-refractivity contribution in [1.82, 2.24) is 13.9 Å². The van der Waals surface area contributed by atoms with Crippen molar-refractivity contribution in [2.75, 3.05) is 12.8 Å². The normalized spacial score (nSPS) is 15.4. The number of benzene rings is 1. The molecule has 0 spiro atoms. The van der Waals surface area contributed by atoms with Crippen molar-refractivity contribution in [3.63, 3.8) is 0 Å². The van der Waals surface area contributed by atoms with Crippen LogP contribution in [0, 0.1) is 45.9 Å². The van der Waals surface area contributed by atoms with Crippen molar-refractivity contribution < 1.29 is 8.42 Å². The summed E-state index contributed by atoms with van der Waals surface area (Å²) in [7, 11) is -1.41. The molecule has 208 valence electrons. The molecular weight excluding hydrogens is 521 g/mol. The number of nitrogens with zero attached hydrogens (tertiary/aromatic N) is 4. The van der Waals surface area contributed by atoms with Crippen LogP contribution >= 0.6 is 0 Å². The number of pyridine rings is 1. The lowest BCUT2D eigenvalue weighted by molar-refractivity contribution is 0.290. The van der Waals surface area contributed by atoms with Crippen LogP contribution in [0.2, 0.25) is 25.7 Å². The number of fused-ring (bicyclic) bond motifs is 2. The Morgan fingerprint density at radius 3 is 2.33 bits per heavy atom. The Balaban J connectivity index is 2.05. The molecule has 0 bridgehead atoms. The van der Waals surface area contributed by atoms with Gasteiger partial charge in [-0.05, 0) is 87.0 Å². The Bertz CT molecular complexity index is 1690. The lowest BCUT2D eigenvalue weighted by Crippen LogP contribution is -2.48.